The molecule has 0 unspecified atom stereocenters. The molecule has 1 aromatic carbocycles. The molecule has 0 atom stereocenters. The summed E-state index contributed by atoms with van der Waals surface area (Å²) in [6.07, 6.45) is 0. The minimum absolute atomic E-state index is 0.104. The first-order valence-corrected chi connectivity index (χ1v) is 8.90. The molecule has 2 rings (SSSR count). The Hall–Kier alpha value is -2.61. The number of methoxy groups -OCH3 is 2. The second kappa shape index (κ2) is 8.66. The smallest absolute Gasteiger partial charge is 0.323 e. The van der Waals surface area contributed by atoms with Gasteiger partial charge in [-0.25, -0.2) is 4.98 Å². The summed E-state index contributed by atoms with van der Waals surface area (Å²) in [7, 11) is 3.06. The largest absolute Gasteiger partial charge is 0.497 e. The van der Waals surface area contributed by atoms with Crippen LogP contribution in [0.4, 0.5) is 0 Å². The van der Waals surface area contributed by atoms with Gasteiger partial charge >= 0.3 is 5.97 Å². The van der Waals surface area contributed by atoms with E-state index in [1.807, 2.05) is 13.8 Å². The van der Waals surface area contributed by atoms with E-state index in [9.17, 15) is 14.7 Å². The Balaban J connectivity index is 2.29. The summed E-state index contributed by atoms with van der Waals surface area (Å²) < 4.78 is 10.4. The number of aliphatic carboxylic acids is 1. The van der Waals surface area contributed by atoms with E-state index in [-0.39, 0.29) is 18.2 Å². The molecular weight excluding hydrogens is 356 g/mol. The van der Waals surface area contributed by atoms with Crippen molar-refractivity contribution in [1.29, 1.82) is 0 Å². The average molecular weight is 378 g/mol. The van der Waals surface area contributed by atoms with E-state index >= 15 is 0 Å². The van der Waals surface area contributed by atoms with E-state index < -0.39 is 18.4 Å². The second-order valence-corrected chi connectivity index (χ2v) is 6.89. The number of carboxylic acids is 1. The van der Waals surface area contributed by atoms with Gasteiger partial charge in [0.05, 0.1) is 19.2 Å². The molecule has 1 amide bonds. The maximum Gasteiger partial charge on any atom is 0.323 e. The maximum absolute atomic E-state index is 12.8. The lowest BCUT2D eigenvalue weighted by Crippen LogP contribution is -2.35. The van der Waals surface area contributed by atoms with E-state index in [1.54, 1.807) is 23.6 Å². The van der Waals surface area contributed by atoms with Crippen LogP contribution in [0.2, 0.25) is 0 Å². The number of carbonyl (C=O) groups is 2. The minimum atomic E-state index is -1.09. The average Bonchev–Trinajstić information content (AvgIpc) is 3.10. The number of benzene rings is 1. The molecule has 0 bridgehead atoms. The van der Waals surface area contributed by atoms with Crippen molar-refractivity contribution in [3.05, 3.63) is 39.8 Å². The van der Waals surface area contributed by atoms with E-state index in [0.717, 1.165) is 5.01 Å². The monoisotopic (exact) mass is 378 g/mol. The molecule has 0 radical (unpaired) electrons. The number of hydrogen-bond donors (Lipinski definition) is 1. The van der Waals surface area contributed by atoms with Crippen LogP contribution in [0.15, 0.2) is 23.6 Å². The van der Waals surface area contributed by atoms with Gasteiger partial charge in [-0.2, -0.15) is 0 Å². The summed E-state index contributed by atoms with van der Waals surface area (Å²) in [5, 5.41) is 11.7. The zero-order valence-electron chi connectivity index (χ0n) is 15.2. The zero-order valence-corrected chi connectivity index (χ0v) is 16.0. The molecule has 0 aliphatic heterocycles. The lowest BCUT2D eigenvalue weighted by Gasteiger charge is -2.20. The third-order valence-corrected chi connectivity index (χ3v) is 4.78. The fraction of sp³-hybridized carbons (Fsp3) is 0.389. The van der Waals surface area contributed by atoms with Crippen LogP contribution in [0.3, 0.4) is 0 Å². The summed E-state index contributed by atoms with van der Waals surface area (Å²) in [4.78, 5) is 29.6. The van der Waals surface area contributed by atoms with Crippen molar-refractivity contribution < 1.29 is 24.2 Å². The number of rotatable bonds is 8. The summed E-state index contributed by atoms with van der Waals surface area (Å²) >= 11 is 1.39. The van der Waals surface area contributed by atoms with Crippen molar-refractivity contribution in [2.45, 2.75) is 26.3 Å². The van der Waals surface area contributed by atoms with Gasteiger partial charge in [-0.3, -0.25) is 9.59 Å². The molecule has 0 aliphatic rings. The third kappa shape index (κ3) is 4.95. The van der Waals surface area contributed by atoms with Crippen LogP contribution in [0.1, 0.15) is 40.8 Å². The predicted octanol–water partition coefficient (Wildman–Crippen LogP) is 3.01. The molecule has 0 aliphatic carbocycles. The highest BCUT2D eigenvalue weighted by molar-refractivity contribution is 7.09. The predicted molar refractivity (Wildman–Crippen MR) is 98.1 cm³/mol. The fourth-order valence-electron chi connectivity index (χ4n) is 2.35. The SMILES string of the molecule is COc1cc(CN(CC(=O)O)C(=O)c2csc(C(C)C)n2)cc(OC)c1. The van der Waals surface area contributed by atoms with Gasteiger partial charge in [-0.15, -0.1) is 11.3 Å². The topological polar surface area (TPSA) is 89.0 Å². The van der Waals surface area contributed by atoms with Gasteiger partial charge in [0, 0.05) is 23.9 Å². The number of carbonyl (C=O) groups excluding carboxylic acids is 1. The Morgan fingerprint density at radius 2 is 1.81 bits per heavy atom. The molecule has 1 aromatic heterocycles. The summed E-state index contributed by atoms with van der Waals surface area (Å²) in [6.45, 7) is 3.66. The van der Waals surface area contributed by atoms with Crippen LogP contribution in [0.5, 0.6) is 11.5 Å². The number of aromatic nitrogens is 1. The molecule has 140 valence electrons. The van der Waals surface area contributed by atoms with E-state index in [1.165, 1.54) is 30.5 Å². The molecule has 1 heterocycles. The quantitative estimate of drug-likeness (QED) is 0.760. The molecular formula is C18H22N2O5S. The van der Waals surface area contributed by atoms with Gasteiger partial charge in [0.2, 0.25) is 0 Å². The summed E-state index contributed by atoms with van der Waals surface area (Å²) in [6, 6.07) is 5.19. The number of carboxylic acid groups (broad SMARTS) is 1. The molecule has 2 aromatic rings. The van der Waals surface area contributed by atoms with Crippen LogP contribution >= 0.6 is 11.3 Å². The number of hydrogen-bond acceptors (Lipinski definition) is 6. The van der Waals surface area contributed by atoms with Crippen molar-refractivity contribution >= 4 is 23.2 Å². The van der Waals surface area contributed by atoms with Gasteiger partial charge in [-0.1, -0.05) is 13.8 Å². The molecule has 0 fully saturated rings. The zero-order chi connectivity index (χ0) is 19.3. The lowest BCUT2D eigenvalue weighted by molar-refractivity contribution is -0.137. The molecule has 7 nitrogen and oxygen atoms in total. The van der Waals surface area contributed by atoms with Gasteiger partial charge < -0.3 is 19.5 Å². The molecule has 0 spiro atoms. The van der Waals surface area contributed by atoms with Gasteiger partial charge in [0.1, 0.15) is 23.7 Å². The van der Waals surface area contributed by atoms with Crippen LogP contribution in [0.25, 0.3) is 0 Å². The molecule has 1 N–H and O–H groups in total. The van der Waals surface area contributed by atoms with Crippen molar-refractivity contribution in [2.75, 3.05) is 20.8 Å². The summed E-state index contributed by atoms with van der Waals surface area (Å²) in [5.74, 6) is -0.169. The highest BCUT2D eigenvalue weighted by atomic mass is 32.1. The second-order valence-electron chi connectivity index (χ2n) is 6.00. The standard InChI is InChI=1S/C18H22N2O5S/c1-11(2)17-19-15(10-26-17)18(23)20(9-16(21)22)8-12-5-13(24-3)7-14(6-12)25-4/h5-7,10-11H,8-9H2,1-4H3,(H,21,22). The lowest BCUT2D eigenvalue weighted by atomic mass is 10.1. The van der Waals surface area contributed by atoms with E-state index in [4.69, 9.17) is 9.47 Å². The van der Waals surface area contributed by atoms with E-state index in [0.29, 0.717) is 17.1 Å². The van der Waals surface area contributed by atoms with Crippen LogP contribution in [0, 0.1) is 0 Å². The van der Waals surface area contributed by atoms with E-state index in [2.05, 4.69) is 4.98 Å². The maximum atomic E-state index is 12.8. The van der Waals surface area contributed by atoms with Crippen molar-refractivity contribution in [2.24, 2.45) is 0 Å². The highest BCUT2D eigenvalue weighted by Crippen LogP contribution is 2.25. The van der Waals surface area contributed by atoms with Gasteiger partial charge in [0.25, 0.3) is 5.91 Å². The van der Waals surface area contributed by atoms with Crippen LogP contribution in [-0.2, 0) is 11.3 Å². The van der Waals surface area contributed by atoms with Crippen molar-refractivity contribution in [3.63, 3.8) is 0 Å². The molecule has 26 heavy (non-hydrogen) atoms. The first kappa shape index (κ1) is 19.7. The number of nitrogens with zero attached hydrogens (tertiary/aromatic N) is 2. The summed E-state index contributed by atoms with van der Waals surface area (Å²) in [5.41, 5.74) is 0.963. The minimum Gasteiger partial charge on any atom is -0.497 e. The van der Waals surface area contributed by atoms with Crippen molar-refractivity contribution in [3.8, 4) is 11.5 Å². The van der Waals surface area contributed by atoms with Crippen LogP contribution < -0.4 is 9.47 Å². The Kier molecular flexibility index (Phi) is 6.57. The third-order valence-electron chi connectivity index (χ3n) is 3.63. The Morgan fingerprint density at radius 3 is 2.27 bits per heavy atom. The van der Waals surface area contributed by atoms with Crippen molar-refractivity contribution in [1.82, 2.24) is 9.88 Å². The Morgan fingerprint density at radius 1 is 1.19 bits per heavy atom. The van der Waals surface area contributed by atoms with Gasteiger partial charge in [0.15, 0.2) is 0 Å². The van der Waals surface area contributed by atoms with Gasteiger partial charge in [-0.05, 0) is 17.7 Å². The molecule has 8 heteroatoms. The Labute approximate surface area is 156 Å². The number of amides is 1. The molecule has 0 saturated carbocycles. The normalized spacial score (nSPS) is 10.7. The highest BCUT2D eigenvalue weighted by Gasteiger charge is 2.22. The first-order valence-electron chi connectivity index (χ1n) is 8.02. The first-order chi connectivity index (χ1) is 12.3. The molecule has 0 saturated heterocycles. The number of thiazole rings is 1. The Bertz CT molecular complexity index is 765. The fourth-order valence-corrected chi connectivity index (χ4v) is 3.16. The van der Waals surface area contributed by atoms with Crippen LogP contribution in [-0.4, -0.2) is 47.6 Å². The number of ether oxygens (including phenoxy) is 2.